The van der Waals surface area contributed by atoms with Crippen LogP contribution in [-0.4, -0.2) is 16.1 Å². The molecule has 1 aliphatic carbocycles. The predicted octanol–water partition coefficient (Wildman–Crippen LogP) is 2.82. The highest BCUT2D eigenvalue weighted by atomic mass is 15.2. The monoisotopic (exact) mass is 205 g/mol. The predicted molar refractivity (Wildman–Crippen MR) is 62.9 cm³/mol. The standard InChI is InChI=1S/C12H19N3/c1-2-15-10-9-14-12(15)13-8-7-11-5-3-4-6-11/h5,9-10H,2-4,6-8H2,1H3,(H,13,14). The third kappa shape index (κ3) is 2.61. The number of hydrogen-bond donors (Lipinski definition) is 1. The molecule has 2 rings (SSSR count). The first-order chi connectivity index (χ1) is 7.40. The SMILES string of the molecule is CCn1ccnc1NCCC1=CCCC1. The van der Waals surface area contributed by atoms with Crippen LogP contribution in [0.5, 0.6) is 0 Å². The Morgan fingerprint density at radius 2 is 2.47 bits per heavy atom. The Bertz CT molecular complexity index is 338. The summed E-state index contributed by atoms with van der Waals surface area (Å²) < 4.78 is 2.13. The maximum Gasteiger partial charge on any atom is 0.202 e. The second-order valence-electron chi connectivity index (χ2n) is 3.97. The van der Waals surface area contributed by atoms with Crippen molar-refractivity contribution in [3.8, 4) is 0 Å². The molecule has 0 radical (unpaired) electrons. The summed E-state index contributed by atoms with van der Waals surface area (Å²) in [6.45, 7) is 4.11. The molecule has 0 aromatic carbocycles. The molecule has 3 heteroatoms. The number of rotatable bonds is 5. The van der Waals surface area contributed by atoms with E-state index < -0.39 is 0 Å². The van der Waals surface area contributed by atoms with Crippen LogP contribution in [0.25, 0.3) is 0 Å². The minimum absolute atomic E-state index is 0.977. The van der Waals surface area contributed by atoms with Crippen molar-refractivity contribution in [2.75, 3.05) is 11.9 Å². The van der Waals surface area contributed by atoms with E-state index in [4.69, 9.17) is 0 Å². The molecule has 1 aliphatic rings. The van der Waals surface area contributed by atoms with Crippen LogP contribution in [0.4, 0.5) is 5.95 Å². The van der Waals surface area contributed by atoms with Crippen LogP contribution in [0.3, 0.4) is 0 Å². The van der Waals surface area contributed by atoms with Gasteiger partial charge in [-0.25, -0.2) is 4.98 Å². The number of nitrogens with zero attached hydrogens (tertiary/aromatic N) is 2. The molecular weight excluding hydrogens is 186 g/mol. The smallest absolute Gasteiger partial charge is 0.202 e. The Morgan fingerprint density at radius 1 is 1.53 bits per heavy atom. The lowest BCUT2D eigenvalue weighted by Gasteiger charge is -2.07. The molecule has 1 N–H and O–H groups in total. The number of allylic oxidation sites excluding steroid dienone is 1. The van der Waals surface area contributed by atoms with Crippen molar-refractivity contribution in [3.63, 3.8) is 0 Å². The van der Waals surface area contributed by atoms with Gasteiger partial charge in [-0.1, -0.05) is 11.6 Å². The zero-order chi connectivity index (χ0) is 10.5. The molecule has 15 heavy (non-hydrogen) atoms. The van der Waals surface area contributed by atoms with Gasteiger partial charge in [-0.3, -0.25) is 0 Å². The zero-order valence-corrected chi connectivity index (χ0v) is 9.37. The Morgan fingerprint density at radius 3 is 3.20 bits per heavy atom. The molecule has 0 spiro atoms. The van der Waals surface area contributed by atoms with E-state index in [-0.39, 0.29) is 0 Å². The quantitative estimate of drug-likeness (QED) is 0.749. The van der Waals surface area contributed by atoms with Crippen molar-refractivity contribution < 1.29 is 0 Å². The molecule has 1 aromatic rings. The molecule has 1 heterocycles. The minimum Gasteiger partial charge on any atom is -0.355 e. The van der Waals surface area contributed by atoms with Gasteiger partial charge in [0.1, 0.15) is 0 Å². The molecule has 1 aromatic heterocycles. The fourth-order valence-corrected chi connectivity index (χ4v) is 2.03. The van der Waals surface area contributed by atoms with Crippen molar-refractivity contribution in [2.45, 2.75) is 39.2 Å². The highest BCUT2D eigenvalue weighted by molar-refractivity contribution is 5.26. The molecule has 0 atom stereocenters. The molecule has 0 saturated heterocycles. The first-order valence-corrected chi connectivity index (χ1v) is 5.83. The van der Waals surface area contributed by atoms with Crippen LogP contribution in [-0.2, 0) is 6.54 Å². The summed E-state index contributed by atoms with van der Waals surface area (Å²) in [5.41, 5.74) is 1.61. The zero-order valence-electron chi connectivity index (χ0n) is 9.37. The van der Waals surface area contributed by atoms with E-state index in [2.05, 4.69) is 27.9 Å². The number of imidazole rings is 1. The highest BCUT2D eigenvalue weighted by Gasteiger charge is 2.04. The van der Waals surface area contributed by atoms with Gasteiger partial charge in [-0.15, -0.1) is 0 Å². The number of nitrogens with one attached hydrogen (secondary N) is 1. The molecule has 0 bridgehead atoms. The molecule has 82 valence electrons. The summed E-state index contributed by atoms with van der Waals surface area (Å²) in [6.07, 6.45) is 11.3. The summed E-state index contributed by atoms with van der Waals surface area (Å²) in [5.74, 6) is 0.996. The van der Waals surface area contributed by atoms with E-state index in [0.717, 1.165) is 25.5 Å². The summed E-state index contributed by atoms with van der Waals surface area (Å²) >= 11 is 0. The van der Waals surface area contributed by atoms with Crippen LogP contribution < -0.4 is 5.32 Å². The molecule has 0 fully saturated rings. The second kappa shape index (κ2) is 5.01. The fourth-order valence-electron chi connectivity index (χ4n) is 2.03. The number of anilines is 1. The Labute approximate surface area is 91.2 Å². The van der Waals surface area contributed by atoms with Crippen LogP contribution in [0.15, 0.2) is 24.0 Å². The second-order valence-corrected chi connectivity index (χ2v) is 3.97. The summed E-state index contributed by atoms with van der Waals surface area (Å²) in [5, 5.41) is 3.38. The number of hydrogen-bond acceptors (Lipinski definition) is 2. The maximum absolute atomic E-state index is 4.28. The maximum atomic E-state index is 4.28. The van der Waals surface area contributed by atoms with Gasteiger partial charge in [-0.05, 0) is 32.6 Å². The van der Waals surface area contributed by atoms with Gasteiger partial charge in [0, 0.05) is 25.5 Å². The van der Waals surface area contributed by atoms with Crippen LogP contribution in [0.2, 0.25) is 0 Å². The first-order valence-electron chi connectivity index (χ1n) is 5.83. The van der Waals surface area contributed by atoms with Gasteiger partial charge in [0.2, 0.25) is 5.95 Å². The van der Waals surface area contributed by atoms with Gasteiger partial charge >= 0.3 is 0 Å². The lowest BCUT2D eigenvalue weighted by molar-refractivity contribution is 0.760. The molecule has 3 nitrogen and oxygen atoms in total. The van der Waals surface area contributed by atoms with Gasteiger partial charge in [0.05, 0.1) is 0 Å². The average molecular weight is 205 g/mol. The van der Waals surface area contributed by atoms with E-state index >= 15 is 0 Å². The lowest BCUT2D eigenvalue weighted by atomic mass is 10.2. The number of aromatic nitrogens is 2. The molecule has 0 aliphatic heterocycles. The van der Waals surface area contributed by atoms with Crippen molar-refractivity contribution >= 4 is 5.95 Å². The van der Waals surface area contributed by atoms with Gasteiger partial charge in [0.15, 0.2) is 0 Å². The van der Waals surface area contributed by atoms with E-state index in [1.807, 2.05) is 12.4 Å². The molecule has 0 amide bonds. The van der Waals surface area contributed by atoms with Crippen molar-refractivity contribution in [2.24, 2.45) is 0 Å². The summed E-state index contributed by atoms with van der Waals surface area (Å²) in [7, 11) is 0. The van der Waals surface area contributed by atoms with E-state index in [1.165, 1.54) is 19.3 Å². The Hall–Kier alpha value is -1.25. The van der Waals surface area contributed by atoms with Crippen molar-refractivity contribution in [3.05, 3.63) is 24.0 Å². The third-order valence-corrected chi connectivity index (χ3v) is 2.92. The third-order valence-electron chi connectivity index (χ3n) is 2.92. The molecule has 0 unspecified atom stereocenters. The van der Waals surface area contributed by atoms with Crippen molar-refractivity contribution in [1.29, 1.82) is 0 Å². The van der Waals surface area contributed by atoms with E-state index in [0.29, 0.717) is 0 Å². The minimum atomic E-state index is 0.977. The average Bonchev–Trinajstić information content (AvgIpc) is 2.88. The largest absolute Gasteiger partial charge is 0.355 e. The lowest BCUT2D eigenvalue weighted by Crippen LogP contribution is -2.08. The topological polar surface area (TPSA) is 29.9 Å². The Kier molecular flexibility index (Phi) is 3.43. The fraction of sp³-hybridized carbons (Fsp3) is 0.583. The van der Waals surface area contributed by atoms with E-state index in [1.54, 1.807) is 5.57 Å². The van der Waals surface area contributed by atoms with Gasteiger partial charge < -0.3 is 9.88 Å². The van der Waals surface area contributed by atoms with Gasteiger partial charge in [0.25, 0.3) is 0 Å². The van der Waals surface area contributed by atoms with Gasteiger partial charge in [-0.2, -0.15) is 0 Å². The van der Waals surface area contributed by atoms with Crippen molar-refractivity contribution in [1.82, 2.24) is 9.55 Å². The first kappa shape index (κ1) is 10.3. The molecular formula is C12H19N3. The molecule has 0 saturated carbocycles. The summed E-state index contributed by atoms with van der Waals surface area (Å²) in [4.78, 5) is 4.28. The van der Waals surface area contributed by atoms with Crippen LogP contribution >= 0.6 is 0 Å². The Balaban J connectivity index is 1.78. The number of aryl methyl sites for hydroxylation is 1. The normalized spacial score (nSPS) is 15.4. The summed E-state index contributed by atoms with van der Waals surface area (Å²) in [6, 6.07) is 0. The van der Waals surface area contributed by atoms with E-state index in [9.17, 15) is 0 Å². The van der Waals surface area contributed by atoms with Crippen LogP contribution in [0.1, 0.15) is 32.6 Å². The highest BCUT2D eigenvalue weighted by Crippen LogP contribution is 2.20. The van der Waals surface area contributed by atoms with Crippen LogP contribution in [0, 0.1) is 0 Å².